The lowest BCUT2D eigenvalue weighted by molar-refractivity contribution is 0.801. The molecule has 0 radical (unpaired) electrons. The van der Waals surface area contributed by atoms with Crippen LogP contribution in [-0.4, -0.2) is 19.5 Å². The van der Waals surface area contributed by atoms with Crippen LogP contribution in [0.3, 0.4) is 0 Å². The van der Waals surface area contributed by atoms with Crippen LogP contribution >= 0.6 is 0 Å². The molecule has 1 unspecified atom stereocenters. The largest absolute Gasteiger partial charge is 0.309 e. The fourth-order valence-electron chi connectivity index (χ4n) is 12.1. The van der Waals surface area contributed by atoms with E-state index in [9.17, 15) is 0 Å². The lowest BCUT2D eigenvalue weighted by Crippen LogP contribution is -2.26. The minimum Gasteiger partial charge on any atom is -0.309 e. The molecule has 11 aromatic carbocycles. The van der Waals surface area contributed by atoms with Crippen molar-refractivity contribution in [3.05, 3.63) is 253 Å². The maximum atomic E-state index is 5.29. The van der Waals surface area contributed by atoms with Crippen LogP contribution in [0.2, 0.25) is 0 Å². The van der Waals surface area contributed by atoms with E-state index in [0.29, 0.717) is 17.5 Å². The summed E-state index contributed by atoms with van der Waals surface area (Å²) >= 11 is 0. The monoisotopic (exact) mass is 862 g/mol. The van der Waals surface area contributed by atoms with E-state index in [4.69, 9.17) is 15.0 Å². The van der Waals surface area contributed by atoms with E-state index in [-0.39, 0.29) is 0 Å². The zero-order chi connectivity index (χ0) is 44.5. The molecule has 0 saturated heterocycles. The highest BCUT2D eigenvalue weighted by Crippen LogP contribution is 2.66. The van der Waals surface area contributed by atoms with Gasteiger partial charge in [0.15, 0.2) is 17.5 Å². The molecule has 0 amide bonds. The summed E-state index contributed by atoms with van der Waals surface area (Å²) in [6, 6.07) is 84.1. The van der Waals surface area contributed by atoms with Crippen molar-refractivity contribution in [1.29, 1.82) is 0 Å². The predicted molar refractivity (Wildman–Crippen MR) is 279 cm³/mol. The van der Waals surface area contributed by atoms with Crippen LogP contribution in [0.15, 0.2) is 231 Å². The van der Waals surface area contributed by atoms with Gasteiger partial charge in [0.05, 0.1) is 16.4 Å². The lowest BCUT2D eigenvalue weighted by atomic mass is 9.68. The molecular weight excluding hydrogens is 825 g/mol. The molecule has 0 saturated carbocycles. The van der Waals surface area contributed by atoms with Crippen LogP contribution in [0.5, 0.6) is 0 Å². The summed E-state index contributed by atoms with van der Waals surface area (Å²) in [6.07, 6.45) is 0. The molecule has 13 aromatic rings. The average molecular weight is 863 g/mol. The molecule has 1 atom stereocenters. The molecule has 68 heavy (non-hydrogen) atoms. The van der Waals surface area contributed by atoms with Crippen LogP contribution in [0, 0.1) is 0 Å². The molecule has 0 N–H and O–H groups in total. The Bertz CT molecular complexity index is 4150. The van der Waals surface area contributed by atoms with Gasteiger partial charge in [-0.15, -0.1) is 0 Å². The highest BCUT2D eigenvalue weighted by atomic mass is 15.0. The highest BCUT2D eigenvalue weighted by molar-refractivity contribution is 6.26. The van der Waals surface area contributed by atoms with Crippen molar-refractivity contribution in [3.8, 4) is 62.1 Å². The fraction of sp³-hybridized carbons (Fsp3) is 0.0156. The molecule has 4 nitrogen and oxygen atoms in total. The molecule has 2 aliphatic rings. The SMILES string of the molecule is c1ccc(-c2nc(-c3ccccc3)nc(-c3ccc4c(c3)C3(c5cc(-n6c7ccccc7c7ccccc76)ccc5-4)c4ccccc4-c4c3c3c5ccccc5ccc3c3ccccc43)n2)cc1. The van der Waals surface area contributed by atoms with Crippen molar-refractivity contribution in [2.24, 2.45) is 0 Å². The number of aromatic nitrogens is 4. The van der Waals surface area contributed by atoms with Crippen LogP contribution in [0.4, 0.5) is 0 Å². The Morgan fingerprint density at radius 1 is 0.324 bits per heavy atom. The van der Waals surface area contributed by atoms with Crippen LogP contribution in [-0.2, 0) is 5.41 Å². The van der Waals surface area contributed by atoms with Crippen molar-refractivity contribution < 1.29 is 0 Å². The zero-order valence-electron chi connectivity index (χ0n) is 36.7. The first kappa shape index (κ1) is 37.3. The van der Waals surface area contributed by atoms with Crippen LogP contribution in [0.25, 0.3) is 116 Å². The number of hydrogen-bond acceptors (Lipinski definition) is 3. The van der Waals surface area contributed by atoms with Gasteiger partial charge in [-0.05, 0) is 107 Å². The molecule has 4 heteroatoms. The standard InChI is InChI=1S/C64H38N4/c1-3-18-40(19-4-1)61-65-62(41-20-5-2-6-21-41)67-63(66-61)42-32-34-46-47-36-33-43(68-56-29-15-12-24-48(56)49-25-13-16-30-57(49)68)38-55(47)64(54(46)37-42)53-28-14-11-27-52(53)59-50-26-10-9-23-45(50)51-35-31-39-17-7-8-22-44(39)58(51)60(59)64/h1-38H. The molecule has 0 fully saturated rings. The first-order valence-electron chi connectivity index (χ1n) is 23.4. The van der Waals surface area contributed by atoms with Crippen LogP contribution in [0.1, 0.15) is 22.3 Å². The molecule has 0 bridgehead atoms. The molecule has 1 spiro atoms. The second-order valence-corrected chi connectivity index (χ2v) is 18.2. The second-order valence-electron chi connectivity index (χ2n) is 18.2. The normalized spacial score (nSPS) is 14.5. The van der Waals surface area contributed by atoms with Crippen molar-refractivity contribution in [1.82, 2.24) is 19.5 Å². The van der Waals surface area contributed by atoms with Gasteiger partial charge in [0.25, 0.3) is 0 Å². The van der Waals surface area contributed by atoms with E-state index in [1.54, 1.807) is 0 Å². The van der Waals surface area contributed by atoms with E-state index < -0.39 is 5.41 Å². The lowest BCUT2D eigenvalue weighted by Gasteiger charge is -2.32. The maximum absolute atomic E-state index is 5.29. The summed E-state index contributed by atoms with van der Waals surface area (Å²) in [5.74, 6) is 1.92. The van der Waals surface area contributed by atoms with Gasteiger partial charge in [-0.3, -0.25) is 0 Å². The van der Waals surface area contributed by atoms with E-state index in [1.807, 2.05) is 36.4 Å². The Kier molecular flexibility index (Phi) is 7.67. The zero-order valence-corrected chi connectivity index (χ0v) is 36.7. The maximum Gasteiger partial charge on any atom is 0.164 e. The molecule has 2 heterocycles. The summed E-state index contributed by atoms with van der Waals surface area (Å²) in [7, 11) is 0. The van der Waals surface area contributed by atoms with Crippen molar-refractivity contribution in [3.63, 3.8) is 0 Å². The van der Waals surface area contributed by atoms with Crippen molar-refractivity contribution >= 4 is 54.1 Å². The topological polar surface area (TPSA) is 43.6 Å². The molecule has 0 aliphatic heterocycles. The van der Waals surface area contributed by atoms with Crippen molar-refractivity contribution in [2.75, 3.05) is 0 Å². The van der Waals surface area contributed by atoms with E-state index >= 15 is 0 Å². The molecule has 2 aliphatic carbocycles. The Morgan fingerprint density at radius 2 is 0.853 bits per heavy atom. The number of para-hydroxylation sites is 2. The number of rotatable bonds is 4. The van der Waals surface area contributed by atoms with Gasteiger partial charge in [-0.1, -0.05) is 200 Å². The summed E-state index contributed by atoms with van der Waals surface area (Å²) < 4.78 is 2.46. The minimum absolute atomic E-state index is 0.637. The predicted octanol–water partition coefficient (Wildman–Crippen LogP) is 15.8. The van der Waals surface area contributed by atoms with Gasteiger partial charge >= 0.3 is 0 Å². The van der Waals surface area contributed by atoms with Gasteiger partial charge < -0.3 is 4.57 Å². The van der Waals surface area contributed by atoms with E-state index in [1.165, 1.54) is 98.6 Å². The van der Waals surface area contributed by atoms with Gasteiger partial charge in [-0.2, -0.15) is 0 Å². The number of nitrogens with zero attached hydrogens (tertiary/aromatic N) is 4. The number of hydrogen-bond donors (Lipinski definition) is 0. The molecular formula is C64H38N4. The Hall–Kier alpha value is -8.99. The minimum atomic E-state index is -0.731. The highest BCUT2D eigenvalue weighted by Gasteiger charge is 2.53. The summed E-state index contributed by atoms with van der Waals surface area (Å²) in [5, 5.41) is 10.0. The van der Waals surface area contributed by atoms with Gasteiger partial charge in [0.1, 0.15) is 0 Å². The van der Waals surface area contributed by atoms with Crippen LogP contribution < -0.4 is 0 Å². The third kappa shape index (κ3) is 5.01. The number of benzene rings is 11. The molecule has 2 aromatic heterocycles. The second kappa shape index (κ2) is 14.0. The smallest absolute Gasteiger partial charge is 0.164 e. The fourth-order valence-corrected chi connectivity index (χ4v) is 12.1. The molecule has 314 valence electrons. The van der Waals surface area contributed by atoms with Gasteiger partial charge in [-0.25, -0.2) is 15.0 Å². The van der Waals surface area contributed by atoms with Gasteiger partial charge in [0, 0.05) is 33.2 Å². The Balaban J connectivity index is 1.10. The summed E-state index contributed by atoms with van der Waals surface area (Å²) in [4.78, 5) is 15.7. The van der Waals surface area contributed by atoms with E-state index in [2.05, 4.69) is 199 Å². The Morgan fingerprint density at radius 3 is 1.54 bits per heavy atom. The first-order valence-corrected chi connectivity index (χ1v) is 23.4. The quantitative estimate of drug-likeness (QED) is 0.166. The average Bonchev–Trinajstić information content (AvgIpc) is 4.02. The third-order valence-electron chi connectivity index (χ3n) is 14.8. The number of fused-ring (bicyclic) bond motifs is 20. The summed E-state index contributed by atoms with van der Waals surface area (Å²) in [5.41, 5.74) is 15.7. The summed E-state index contributed by atoms with van der Waals surface area (Å²) in [6.45, 7) is 0. The molecule has 15 rings (SSSR count). The third-order valence-corrected chi connectivity index (χ3v) is 14.8. The van der Waals surface area contributed by atoms with Crippen molar-refractivity contribution in [2.45, 2.75) is 5.41 Å². The van der Waals surface area contributed by atoms with Gasteiger partial charge in [0.2, 0.25) is 0 Å². The van der Waals surface area contributed by atoms with E-state index in [0.717, 1.165) is 22.4 Å². The first-order chi connectivity index (χ1) is 33.7. The Labute approximate surface area is 392 Å².